The molecule has 1 aliphatic carbocycles. The minimum atomic E-state index is -0.438. The molecule has 1 aliphatic rings. The van der Waals surface area contributed by atoms with Crippen LogP contribution in [0.2, 0.25) is 0 Å². The summed E-state index contributed by atoms with van der Waals surface area (Å²) in [6, 6.07) is 10.3. The Morgan fingerprint density at radius 2 is 0.969 bits per heavy atom. The number of rotatable bonds is 6. The Morgan fingerprint density at radius 1 is 0.594 bits per heavy atom. The first-order valence-corrected chi connectivity index (χ1v) is 11.2. The van der Waals surface area contributed by atoms with E-state index in [1.54, 1.807) is 24.3 Å². The molecular weight excluding hydrogens is 404 g/mol. The Labute approximate surface area is 189 Å². The van der Waals surface area contributed by atoms with E-state index in [0.717, 1.165) is 37.6 Å². The molecule has 168 valence electrons. The van der Waals surface area contributed by atoms with Gasteiger partial charge in [-0.2, -0.15) is 0 Å². The predicted octanol–water partition coefficient (Wildman–Crippen LogP) is 4.34. The van der Waals surface area contributed by atoms with Gasteiger partial charge in [-0.1, -0.05) is 0 Å². The topological polar surface area (TPSA) is 74.8 Å². The van der Waals surface area contributed by atoms with Gasteiger partial charge in [-0.05, 0) is 64.1 Å². The van der Waals surface area contributed by atoms with Gasteiger partial charge in [0.2, 0.25) is 0 Å². The summed E-state index contributed by atoms with van der Waals surface area (Å²) in [5.41, 5.74) is 2.58. The van der Waals surface area contributed by atoms with E-state index in [1.807, 2.05) is 39.8 Å². The monoisotopic (exact) mass is 434 g/mol. The molecule has 0 unspecified atom stereocenters. The molecule has 6 heteroatoms. The highest BCUT2D eigenvalue weighted by Gasteiger charge is 2.28. The Hall–Kier alpha value is -3.28. The smallest absolute Gasteiger partial charge is 0.194 e. The van der Waals surface area contributed by atoms with Crippen LogP contribution < -0.4 is 9.80 Å². The van der Waals surface area contributed by atoms with Gasteiger partial charge in [-0.3, -0.25) is 19.2 Å². The molecule has 0 radical (unpaired) electrons. The van der Waals surface area contributed by atoms with Crippen LogP contribution in [0.15, 0.2) is 36.4 Å². The molecule has 0 fully saturated rings. The molecule has 0 heterocycles. The Balaban J connectivity index is 2.27. The molecule has 0 N–H and O–H groups in total. The highest BCUT2D eigenvalue weighted by Crippen LogP contribution is 2.29. The van der Waals surface area contributed by atoms with Crippen LogP contribution >= 0.6 is 0 Å². The van der Waals surface area contributed by atoms with E-state index in [9.17, 15) is 19.2 Å². The molecule has 0 bridgehead atoms. The lowest BCUT2D eigenvalue weighted by molar-refractivity contribution is -0.117. The molecule has 3 rings (SSSR count). The number of hydrogen-bond donors (Lipinski definition) is 0. The molecular formula is C26H30N2O4. The van der Waals surface area contributed by atoms with Crippen molar-refractivity contribution in [3.63, 3.8) is 0 Å². The molecule has 0 atom stereocenters. The third-order valence-electron chi connectivity index (χ3n) is 6.07. The van der Waals surface area contributed by atoms with Crippen molar-refractivity contribution in [3.8, 4) is 0 Å². The number of fused-ring (bicyclic) bond motifs is 2. The van der Waals surface area contributed by atoms with E-state index >= 15 is 0 Å². The zero-order valence-electron chi connectivity index (χ0n) is 19.2. The maximum atomic E-state index is 13.8. The summed E-state index contributed by atoms with van der Waals surface area (Å²) >= 11 is 0. The summed E-state index contributed by atoms with van der Waals surface area (Å²) in [5.74, 6) is -1.66. The maximum Gasteiger partial charge on any atom is 0.194 e. The van der Waals surface area contributed by atoms with E-state index in [2.05, 4.69) is 9.80 Å². The van der Waals surface area contributed by atoms with Crippen molar-refractivity contribution >= 4 is 34.5 Å². The minimum Gasteiger partial charge on any atom is -0.372 e. The molecule has 2 aromatic rings. The van der Waals surface area contributed by atoms with Gasteiger partial charge >= 0.3 is 0 Å². The van der Waals surface area contributed by atoms with Crippen molar-refractivity contribution in [2.45, 2.75) is 40.5 Å². The van der Waals surface area contributed by atoms with Gasteiger partial charge in [-0.25, -0.2) is 0 Å². The lowest BCUT2D eigenvalue weighted by Gasteiger charge is -2.24. The van der Waals surface area contributed by atoms with Crippen LogP contribution in [-0.2, 0) is 4.79 Å². The molecule has 6 nitrogen and oxygen atoms in total. The SMILES string of the molecule is CCN(CC)c1ccc2c(c1)C(=O)c1cc(N(CC)CC)ccc1C(=O)CC(=O)CC2=O. The van der Waals surface area contributed by atoms with Gasteiger partial charge in [-0.15, -0.1) is 0 Å². The number of Topliss-reactive ketones (excluding diaryl/α,β-unsaturated/α-hetero) is 3. The molecule has 0 saturated carbocycles. The minimum absolute atomic E-state index is 0.229. The van der Waals surface area contributed by atoms with Gasteiger partial charge in [0, 0.05) is 59.8 Å². The number of benzene rings is 2. The molecule has 0 saturated heterocycles. The number of anilines is 2. The van der Waals surface area contributed by atoms with Crippen LogP contribution in [0.25, 0.3) is 0 Å². The Morgan fingerprint density at radius 3 is 1.31 bits per heavy atom. The average Bonchev–Trinajstić information content (AvgIpc) is 2.79. The van der Waals surface area contributed by atoms with Gasteiger partial charge < -0.3 is 9.80 Å². The number of ketones is 4. The van der Waals surface area contributed by atoms with E-state index in [-0.39, 0.29) is 40.9 Å². The largest absolute Gasteiger partial charge is 0.372 e. The van der Waals surface area contributed by atoms with Crippen LogP contribution in [0.5, 0.6) is 0 Å². The molecule has 0 amide bonds. The van der Waals surface area contributed by atoms with Crippen LogP contribution in [-0.4, -0.2) is 49.3 Å². The van der Waals surface area contributed by atoms with Crippen LogP contribution in [0, 0.1) is 0 Å². The van der Waals surface area contributed by atoms with Crippen molar-refractivity contribution in [1.82, 2.24) is 0 Å². The summed E-state index contributed by atoms with van der Waals surface area (Å²) in [6.45, 7) is 11.1. The van der Waals surface area contributed by atoms with E-state index < -0.39 is 17.3 Å². The summed E-state index contributed by atoms with van der Waals surface area (Å²) < 4.78 is 0. The number of nitrogens with zero attached hydrogens (tertiary/aromatic N) is 2. The molecule has 2 aromatic carbocycles. The van der Waals surface area contributed by atoms with Gasteiger partial charge in [0.25, 0.3) is 0 Å². The lowest BCUT2D eigenvalue weighted by atomic mass is 9.87. The quantitative estimate of drug-likeness (QED) is 0.630. The zero-order valence-corrected chi connectivity index (χ0v) is 19.2. The highest BCUT2D eigenvalue weighted by molar-refractivity contribution is 6.25. The van der Waals surface area contributed by atoms with Crippen LogP contribution in [0.1, 0.15) is 77.2 Å². The van der Waals surface area contributed by atoms with Crippen molar-refractivity contribution in [2.75, 3.05) is 36.0 Å². The average molecular weight is 435 g/mol. The third-order valence-corrected chi connectivity index (χ3v) is 6.07. The van der Waals surface area contributed by atoms with Crippen LogP contribution in [0.4, 0.5) is 11.4 Å². The molecule has 0 spiro atoms. The standard InChI is InChI=1S/C26H30N2O4/c1-5-27(6-2)17-9-11-20-22(13-17)26(32)23-14-18(28(7-3)8-4)10-12-21(23)25(31)16-19(29)15-24(20)30/h9-14H,5-8,15-16H2,1-4H3. The zero-order chi connectivity index (χ0) is 23.4. The first-order chi connectivity index (χ1) is 15.3. The van der Waals surface area contributed by atoms with E-state index in [4.69, 9.17) is 0 Å². The van der Waals surface area contributed by atoms with Crippen molar-refractivity contribution < 1.29 is 19.2 Å². The summed E-state index contributed by atoms with van der Waals surface area (Å²) in [6.07, 6.45) is -0.771. The fourth-order valence-corrected chi connectivity index (χ4v) is 4.25. The first-order valence-electron chi connectivity index (χ1n) is 11.2. The first kappa shape index (κ1) is 23.4. The fraction of sp³-hybridized carbons (Fsp3) is 0.385. The van der Waals surface area contributed by atoms with Gasteiger partial charge in [0.05, 0.1) is 12.8 Å². The lowest BCUT2D eigenvalue weighted by Crippen LogP contribution is -2.25. The number of hydrogen-bond acceptors (Lipinski definition) is 6. The second-order valence-electron chi connectivity index (χ2n) is 7.87. The molecule has 0 aromatic heterocycles. The summed E-state index contributed by atoms with van der Waals surface area (Å²) in [5, 5.41) is 0. The van der Waals surface area contributed by atoms with Crippen LogP contribution in [0.3, 0.4) is 0 Å². The second-order valence-corrected chi connectivity index (χ2v) is 7.87. The highest BCUT2D eigenvalue weighted by atomic mass is 16.2. The van der Waals surface area contributed by atoms with Gasteiger partial charge in [0.1, 0.15) is 5.78 Å². The predicted molar refractivity (Wildman–Crippen MR) is 126 cm³/mol. The molecule has 0 aliphatic heterocycles. The maximum absolute atomic E-state index is 13.8. The van der Waals surface area contributed by atoms with Crippen molar-refractivity contribution in [3.05, 3.63) is 58.7 Å². The normalized spacial score (nSPS) is 14.1. The van der Waals surface area contributed by atoms with E-state index in [0.29, 0.717) is 0 Å². The van der Waals surface area contributed by atoms with E-state index in [1.165, 1.54) is 0 Å². The van der Waals surface area contributed by atoms with Crippen molar-refractivity contribution in [2.24, 2.45) is 0 Å². The fourth-order valence-electron chi connectivity index (χ4n) is 4.25. The number of carbonyl (C=O) groups excluding carboxylic acids is 4. The second kappa shape index (κ2) is 9.90. The van der Waals surface area contributed by atoms with Gasteiger partial charge in [0.15, 0.2) is 17.3 Å². The summed E-state index contributed by atoms with van der Waals surface area (Å²) in [4.78, 5) is 56.1. The Kier molecular flexibility index (Phi) is 7.23. The molecule has 32 heavy (non-hydrogen) atoms. The third kappa shape index (κ3) is 4.49. The Bertz CT molecular complexity index is 984. The number of carbonyl (C=O) groups is 4. The summed E-state index contributed by atoms with van der Waals surface area (Å²) in [7, 11) is 0. The van der Waals surface area contributed by atoms with Crippen molar-refractivity contribution in [1.29, 1.82) is 0 Å².